The first-order chi connectivity index (χ1) is 14.2. The minimum atomic E-state index is -4.81. The van der Waals surface area contributed by atoms with Gasteiger partial charge in [0.15, 0.2) is 0 Å². The van der Waals surface area contributed by atoms with Crippen LogP contribution in [0.2, 0.25) is 0 Å². The van der Waals surface area contributed by atoms with Crippen molar-refractivity contribution in [2.45, 2.75) is 26.4 Å². The lowest BCUT2D eigenvalue weighted by Crippen LogP contribution is -2.27. The molecule has 1 amide bonds. The normalized spacial score (nSPS) is 11.2. The number of amides is 1. The molecule has 3 rings (SSSR count). The van der Waals surface area contributed by atoms with Crippen LogP contribution in [0.3, 0.4) is 0 Å². The van der Waals surface area contributed by atoms with Crippen molar-refractivity contribution < 1.29 is 27.4 Å². The molecule has 9 heteroatoms. The van der Waals surface area contributed by atoms with E-state index >= 15 is 0 Å². The Kier molecular flexibility index (Phi) is 6.61. The molecule has 0 atom stereocenters. The number of hydrogen-bond donors (Lipinski definition) is 0. The summed E-state index contributed by atoms with van der Waals surface area (Å²) >= 11 is 1.52. The van der Waals surface area contributed by atoms with Gasteiger partial charge in [-0.2, -0.15) is 0 Å². The molecule has 2 aromatic carbocycles. The summed E-state index contributed by atoms with van der Waals surface area (Å²) in [5.74, 6) is -0.187. The Morgan fingerprint density at radius 1 is 1.17 bits per heavy atom. The highest BCUT2D eigenvalue weighted by Crippen LogP contribution is 2.27. The largest absolute Gasteiger partial charge is 0.573 e. The van der Waals surface area contributed by atoms with E-state index in [4.69, 9.17) is 4.74 Å². The summed E-state index contributed by atoms with van der Waals surface area (Å²) in [6, 6.07) is 12.4. The first kappa shape index (κ1) is 21.6. The Labute approximate surface area is 175 Å². The average molecular weight is 436 g/mol. The lowest BCUT2D eigenvalue weighted by atomic mass is 10.1. The van der Waals surface area contributed by atoms with Gasteiger partial charge in [0.05, 0.1) is 10.7 Å². The van der Waals surface area contributed by atoms with Crippen LogP contribution < -0.4 is 9.47 Å². The smallest absolute Gasteiger partial charge is 0.487 e. The molecule has 0 unspecified atom stereocenters. The maximum absolute atomic E-state index is 12.8. The molecular formula is C21H19F3N2O3S. The Balaban J connectivity index is 1.68. The minimum Gasteiger partial charge on any atom is -0.487 e. The topological polar surface area (TPSA) is 51.7 Å². The SMILES string of the molecule is Cc1nc(COc2cccc(C(=O)N(C)Cc3ccccc3OC(F)(F)F)c2)cs1. The highest BCUT2D eigenvalue weighted by molar-refractivity contribution is 7.09. The number of nitrogens with zero attached hydrogens (tertiary/aromatic N) is 2. The Bertz CT molecular complexity index is 1020. The molecule has 1 heterocycles. The number of carbonyl (C=O) groups excluding carboxylic acids is 1. The summed E-state index contributed by atoms with van der Waals surface area (Å²) in [6.45, 7) is 2.13. The van der Waals surface area contributed by atoms with E-state index in [2.05, 4.69) is 9.72 Å². The number of carbonyl (C=O) groups is 1. The van der Waals surface area contributed by atoms with Crippen molar-refractivity contribution >= 4 is 17.2 Å². The lowest BCUT2D eigenvalue weighted by molar-refractivity contribution is -0.275. The zero-order valence-electron chi connectivity index (χ0n) is 16.3. The van der Waals surface area contributed by atoms with Crippen LogP contribution in [-0.2, 0) is 13.2 Å². The molecule has 0 fully saturated rings. The maximum atomic E-state index is 12.8. The van der Waals surface area contributed by atoms with E-state index < -0.39 is 6.36 Å². The Hall–Kier alpha value is -3.07. The van der Waals surface area contributed by atoms with Crippen molar-refractivity contribution in [3.63, 3.8) is 0 Å². The van der Waals surface area contributed by atoms with Gasteiger partial charge in [-0.1, -0.05) is 24.3 Å². The van der Waals surface area contributed by atoms with Crippen LogP contribution in [0.5, 0.6) is 11.5 Å². The third-order valence-corrected chi connectivity index (χ3v) is 4.91. The molecule has 0 aliphatic carbocycles. The molecular weight excluding hydrogens is 417 g/mol. The van der Waals surface area contributed by atoms with Gasteiger partial charge < -0.3 is 14.4 Å². The third kappa shape index (κ3) is 5.96. The second kappa shape index (κ2) is 9.17. The molecule has 3 aromatic rings. The number of benzene rings is 2. The fourth-order valence-electron chi connectivity index (χ4n) is 2.76. The Morgan fingerprint density at radius 2 is 1.93 bits per heavy atom. The van der Waals surface area contributed by atoms with Crippen molar-refractivity contribution in [3.05, 3.63) is 75.7 Å². The van der Waals surface area contributed by atoms with Crippen LogP contribution in [0.25, 0.3) is 0 Å². The van der Waals surface area contributed by atoms with Crippen molar-refractivity contribution in [1.82, 2.24) is 9.88 Å². The predicted octanol–water partition coefficient (Wildman–Crippen LogP) is 5.20. The second-order valence-electron chi connectivity index (χ2n) is 6.49. The molecule has 0 aliphatic heterocycles. The number of para-hydroxylation sites is 1. The zero-order valence-corrected chi connectivity index (χ0v) is 17.1. The van der Waals surface area contributed by atoms with Gasteiger partial charge >= 0.3 is 6.36 Å². The number of halogens is 3. The van der Waals surface area contributed by atoms with Gasteiger partial charge in [-0.25, -0.2) is 4.98 Å². The predicted molar refractivity (Wildman–Crippen MR) is 107 cm³/mol. The molecule has 0 saturated carbocycles. The van der Waals surface area contributed by atoms with E-state index in [9.17, 15) is 18.0 Å². The third-order valence-electron chi connectivity index (χ3n) is 4.09. The van der Waals surface area contributed by atoms with Crippen LogP contribution in [0.1, 0.15) is 26.6 Å². The molecule has 0 radical (unpaired) electrons. The summed E-state index contributed by atoms with van der Waals surface area (Å²) < 4.78 is 47.6. The molecule has 158 valence electrons. The monoisotopic (exact) mass is 436 g/mol. The zero-order chi connectivity index (χ0) is 21.7. The first-order valence-electron chi connectivity index (χ1n) is 8.94. The number of ether oxygens (including phenoxy) is 2. The molecule has 0 spiro atoms. The summed E-state index contributed by atoms with van der Waals surface area (Å²) in [5.41, 5.74) is 1.41. The lowest BCUT2D eigenvalue weighted by Gasteiger charge is -2.20. The molecule has 0 saturated heterocycles. The first-order valence-corrected chi connectivity index (χ1v) is 9.82. The molecule has 1 aromatic heterocycles. The summed E-state index contributed by atoms with van der Waals surface area (Å²) in [4.78, 5) is 18.4. The summed E-state index contributed by atoms with van der Waals surface area (Å²) in [5, 5.41) is 2.84. The number of alkyl halides is 3. The number of thiazole rings is 1. The maximum Gasteiger partial charge on any atom is 0.573 e. The minimum absolute atomic E-state index is 0.0473. The Morgan fingerprint density at radius 3 is 2.63 bits per heavy atom. The molecule has 0 aliphatic rings. The highest BCUT2D eigenvalue weighted by atomic mass is 32.1. The van der Waals surface area contributed by atoms with E-state index in [1.807, 2.05) is 12.3 Å². The van der Waals surface area contributed by atoms with Gasteiger partial charge in [-0.15, -0.1) is 24.5 Å². The molecule has 0 N–H and O–H groups in total. The number of rotatable bonds is 7. The second-order valence-corrected chi connectivity index (χ2v) is 7.55. The average Bonchev–Trinajstić information content (AvgIpc) is 3.11. The van der Waals surface area contributed by atoms with E-state index in [0.717, 1.165) is 10.7 Å². The van der Waals surface area contributed by atoms with Gasteiger partial charge in [0.25, 0.3) is 5.91 Å². The van der Waals surface area contributed by atoms with Crippen LogP contribution >= 0.6 is 11.3 Å². The molecule has 5 nitrogen and oxygen atoms in total. The van der Waals surface area contributed by atoms with E-state index in [0.29, 0.717) is 11.3 Å². The number of aryl methyl sites for hydroxylation is 1. The summed E-state index contributed by atoms with van der Waals surface area (Å²) in [6.07, 6.45) is -4.81. The summed E-state index contributed by atoms with van der Waals surface area (Å²) in [7, 11) is 1.51. The quantitative estimate of drug-likeness (QED) is 0.511. The molecule has 0 bridgehead atoms. The fraction of sp³-hybridized carbons (Fsp3) is 0.238. The van der Waals surface area contributed by atoms with E-state index in [1.54, 1.807) is 30.3 Å². The fourth-order valence-corrected chi connectivity index (χ4v) is 3.35. The van der Waals surface area contributed by atoms with Crippen molar-refractivity contribution in [2.24, 2.45) is 0 Å². The number of hydrogen-bond acceptors (Lipinski definition) is 5. The van der Waals surface area contributed by atoms with Gasteiger partial charge in [-0.3, -0.25) is 4.79 Å². The van der Waals surface area contributed by atoms with Gasteiger partial charge in [0.1, 0.15) is 18.1 Å². The van der Waals surface area contributed by atoms with Crippen molar-refractivity contribution in [3.8, 4) is 11.5 Å². The number of aromatic nitrogens is 1. The van der Waals surface area contributed by atoms with Crippen LogP contribution in [-0.4, -0.2) is 29.2 Å². The van der Waals surface area contributed by atoms with Crippen LogP contribution in [0, 0.1) is 6.92 Å². The van der Waals surface area contributed by atoms with Gasteiger partial charge in [0.2, 0.25) is 0 Å². The van der Waals surface area contributed by atoms with Gasteiger partial charge in [0, 0.05) is 30.1 Å². The molecule has 30 heavy (non-hydrogen) atoms. The standard InChI is InChI=1S/C21H19F3N2O3S/c1-14-25-17(13-30-14)12-28-18-8-5-7-15(10-18)20(27)26(2)11-16-6-3-4-9-19(16)29-21(22,23)24/h3-10,13H,11-12H2,1-2H3. The highest BCUT2D eigenvalue weighted by Gasteiger charge is 2.32. The van der Waals surface area contributed by atoms with Crippen LogP contribution in [0.15, 0.2) is 53.9 Å². The van der Waals surface area contributed by atoms with Crippen molar-refractivity contribution in [1.29, 1.82) is 0 Å². The van der Waals surface area contributed by atoms with E-state index in [-0.39, 0.29) is 30.4 Å². The van der Waals surface area contributed by atoms with Crippen LogP contribution in [0.4, 0.5) is 13.2 Å². The van der Waals surface area contributed by atoms with E-state index in [1.165, 1.54) is 41.5 Å². The van der Waals surface area contributed by atoms with Gasteiger partial charge in [-0.05, 0) is 31.2 Å². The van der Waals surface area contributed by atoms with Crippen molar-refractivity contribution in [2.75, 3.05) is 7.05 Å².